The van der Waals surface area contributed by atoms with Crippen molar-refractivity contribution in [2.75, 3.05) is 19.7 Å². The number of carbonyl (C=O) groups is 2. The lowest BCUT2D eigenvalue weighted by molar-refractivity contribution is -0.385. The topological polar surface area (TPSA) is 149 Å². The molecule has 2 amide bonds. The lowest BCUT2D eigenvalue weighted by Gasteiger charge is -2.08. The van der Waals surface area contributed by atoms with Gasteiger partial charge in [0.1, 0.15) is 0 Å². The lowest BCUT2D eigenvalue weighted by atomic mass is 10.2. The van der Waals surface area contributed by atoms with E-state index in [9.17, 15) is 19.7 Å². The first-order chi connectivity index (χ1) is 14.5. The molecule has 2 N–H and O–H groups in total. The van der Waals surface area contributed by atoms with Crippen LogP contribution in [-0.2, 0) is 4.79 Å². The molecule has 1 aromatic heterocycles. The lowest BCUT2D eigenvalue weighted by Crippen LogP contribution is -2.36. The number of nitrogens with one attached hydrogen (secondary N) is 2. The number of aromatic nitrogens is 2. The van der Waals surface area contributed by atoms with Crippen LogP contribution in [0.2, 0.25) is 0 Å². The predicted molar refractivity (Wildman–Crippen MR) is 104 cm³/mol. The van der Waals surface area contributed by atoms with Gasteiger partial charge in [-0.1, -0.05) is 47.6 Å². The van der Waals surface area contributed by atoms with E-state index in [4.69, 9.17) is 9.26 Å². The van der Waals surface area contributed by atoms with Crippen molar-refractivity contribution in [3.8, 4) is 17.1 Å². The van der Waals surface area contributed by atoms with Crippen LogP contribution in [0.15, 0.2) is 59.1 Å². The molecule has 30 heavy (non-hydrogen) atoms. The molecule has 11 heteroatoms. The van der Waals surface area contributed by atoms with Crippen molar-refractivity contribution in [2.45, 2.75) is 0 Å². The van der Waals surface area contributed by atoms with Crippen molar-refractivity contribution in [2.24, 2.45) is 0 Å². The Morgan fingerprint density at radius 1 is 1.03 bits per heavy atom. The molecule has 0 fully saturated rings. The molecule has 1 heterocycles. The Balaban J connectivity index is 1.40. The summed E-state index contributed by atoms with van der Waals surface area (Å²) in [6, 6.07) is 14.8. The fourth-order valence-corrected chi connectivity index (χ4v) is 2.40. The van der Waals surface area contributed by atoms with Crippen molar-refractivity contribution in [3.05, 3.63) is 70.6 Å². The summed E-state index contributed by atoms with van der Waals surface area (Å²) in [5, 5.41) is 19.7. The Morgan fingerprint density at radius 3 is 2.50 bits per heavy atom. The van der Waals surface area contributed by atoms with E-state index in [1.807, 2.05) is 18.2 Å². The maximum absolute atomic E-state index is 12.0. The SMILES string of the molecule is O=C(COc1ccccc1[N+](=O)[O-])NCCNC(=O)c1nc(-c2ccccc2)no1. The van der Waals surface area contributed by atoms with Gasteiger partial charge in [0.25, 0.3) is 5.91 Å². The molecule has 3 aromatic rings. The minimum Gasteiger partial charge on any atom is -0.477 e. The van der Waals surface area contributed by atoms with Gasteiger partial charge in [-0.3, -0.25) is 19.7 Å². The summed E-state index contributed by atoms with van der Waals surface area (Å²) < 4.78 is 10.1. The number of hydrogen-bond donors (Lipinski definition) is 2. The molecule has 154 valence electrons. The average Bonchev–Trinajstić information content (AvgIpc) is 3.26. The summed E-state index contributed by atoms with van der Waals surface area (Å²) in [6.45, 7) is -0.174. The van der Waals surface area contributed by atoms with E-state index >= 15 is 0 Å². The van der Waals surface area contributed by atoms with Crippen LogP contribution >= 0.6 is 0 Å². The molecule has 0 bridgehead atoms. The largest absolute Gasteiger partial charge is 0.477 e. The highest BCUT2D eigenvalue weighted by atomic mass is 16.6. The van der Waals surface area contributed by atoms with E-state index in [1.54, 1.807) is 18.2 Å². The van der Waals surface area contributed by atoms with Crippen LogP contribution in [0.5, 0.6) is 5.75 Å². The van der Waals surface area contributed by atoms with E-state index in [0.717, 1.165) is 0 Å². The fourth-order valence-electron chi connectivity index (χ4n) is 2.40. The maximum atomic E-state index is 12.0. The van der Waals surface area contributed by atoms with Gasteiger partial charge in [0.15, 0.2) is 12.4 Å². The standard InChI is InChI=1S/C19H17N5O6/c25-16(12-29-15-9-5-4-8-14(15)24(27)28)20-10-11-21-18(26)19-22-17(23-30-19)13-6-2-1-3-7-13/h1-9H,10-12H2,(H,20,25)(H,21,26). The third-order valence-electron chi connectivity index (χ3n) is 3.81. The predicted octanol–water partition coefficient (Wildman–Crippen LogP) is 1.57. The van der Waals surface area contributed by atoms with Crippen LogP contribution < -0.4 is 15.4 Å². The van der Waals surface area contributed by atoms with Gasteiger partial charge in [-0.15, -0.1) is 0 Å². The molecule has 0 unspecified atom stereocenters. The Labute approximate surface area is 170 Å². The number of benzene rings is 2. The molecule has 0 aliphatic heterocycles. The summed E-state index contributed by atoms with van der Waals surface area (Å²) in [7, 11) is 0. The fraction of sp³-hybridized carbons (Fsp3) is 0.158. The van der Waals surface area contributed by atoms with Gasteiger partial charge in [-0.05, 0) is 6.07 Å². The van der Waals surface area contributed by atoms with Gasteiger partial charge in [0.05, 0.1) is 4.92 Å². The summed E-state index contributed by atoms with van der Waals surface area (Å²) in [6.07, 6.45) is 0. The second-order valence-electron chi connectivity index (χ2n) is 5.91. The van der Waals surface area contributed by atoms with Crippen LogP contribution in [0.25, 0.3) is 11.4 Å². The number of amides is 2. The highest BCUT2D eigenvalue weighted by Crippen LogP contribution is 2.25. The summed E-state index contributed by atoms with van der Waals surface area (Å²) in [5.41, 5.74) is 0.484. The number of ether oxygens (including phenoxy) is 1. The van der Waals surface area contributed by atoms with E-state index < -0.39 is 23.3 Å². The second-order valence-corrected chi connectivity index (χ2v) is 5.91. The molecule has 0 radical (unpaired) electrons. The molecular formula is C19H17N5O6. The van der Waals surface area contributed by atoms with Crippen LogP contribution in [0, 0.1) is 10.1 Å². The van der Waals surface area contributed by atoms with Crippen LogP contribution in [0.4, 0.5) is 5.69 Å². The number of nitro benzene ring substituents is 1. The van der Waals surface area contributed by atoms with Crippen molar-refractivity contribution in [1.29, 1.82) is 0 Å². The van der Waals surface area contributed by atoms with Crippen molar-refractivity contribution in [1.82, 2.24) is 20.8 Å². The minimum atomic E-state index is -0.594. The van der Waals surface area contributed by atoms with Crippen LogP contribution in [0.1, 0.15) is 10.7 Å². The molecule has 2 aromatic carbocycles. The van der Waals surface area contributed by atoms with Crippen LogP contribution in [-0.4, -0.2) is 46.6 Å². The molecule has 0 aliphatic rings. The molecule has 0 spiro atoms. The first kappa shape index (κ1) is 20.5. The summed E-state index contributed by atoms with van der Waals surface area (Å²) in [4.78, 5) is 38.2. The summed E-state index contributed by atoms with van der Waals surface area (Å²) >= 11 is 0. The first-order valence-electron chi connectivity index (χ1n) is 8.85. The van der Waals surface area contributed by atoms with Gasteiger partial charge in [-0.25, -0.2) is 0 Å². The zero-order chi connectivity index (χ0) is 21.3. The highest BCUT2D eigenvalue weighted by Gasteiger charge is 2.16. The molecule has 0 saturated heterocycles. The molecule has 0 aliphatic carbocycles. The number of rotatable bonds is 9. The summed E-state index contributed by atoms with van der Waals surface area (Å²) in [5.74, 6) is -0.973. The molecule has 0 saturated carbocycles. The quantitative estimate of drug-likeness (QED) is 0.306. The smallest absolute Gasteiger partial charge is 0.316 e. The Hall–Kier alpha value is -4.28. The number of nitrogens with zero attached hydrogens (tertiary/aromatic N) is 3. The van der Waals surface area contributed by atoms with Crippen molar-refractivity contribution in [3.63, 3.8) is 0 Å². The Kier molecular flexibility index (Phi) is 6.66. The number of nitro groups is 1. The van der Waals surface area contributed by atoms with Gasteiger partial charge >= 0.3 is 17.5 Å². The van der Waals surface area contributed by atoms with Gasteiger partial charge in [0.2, 0.25) is 5.82 Å². The van der Waals surface area contributed by atoms with E-state index in [2.05, 4.69) is 20.8 Å². The highest BCUT2D eigenvalue weighted by molar-refractivity contribution is 5.89. The van der Waals surface area contributed by atoms with Gasteiger partial charge in [0, 0.05) is 24.7 Å². The maximum Gasteiger partial charge on any atom is 0.316 e. The third-order valence-corrected chi connectivity index (χ3v) is 3.81. The zero-order valence-corrected chi connectivity index (χ0v) is 15.6. The molecule has 3 rings (SSSR count). The number of hydrogen-bond acceptors (Lipinski definition) is 8. The molecule has 11 nitrogen and oxygen atoms in total. The van der Waals surface area contributed by atoms with Crippen LogP contribution in [0.3, 0.4) is 0 Å². The monoisotopic (exact) mass is 411 g/mol. The van der Waals surface area contributed by atoms with E-state index in [0.29, 0.717) is 11.4 Å². The number of carbonyl (C=O) groups excluding carboxylic acids is 2. The zero-order valence-electron chi connectivity index (χ0n) is 15.6. The normalized spacial score (nSPS) is 10.3. The number of para-hydroxylation sites is 2. The first-order valence-corrected chi connectivity index (χ1v) is 8.85. The minimum absolute atomic E-state index is 0.00318. The van der Waals surface area contributed by atoms with Crippen molar-refractivity contribution < 1.29 is 23.8 Å². The Morgan fingerprint density at radius 2 is 1.73 bits per heavy atom. The Bertz CT molecular complexity index is 1040. The van der Waals surface area contributed by atoms with Gasteiger partial charge < -0.3 is 19.9 Å². The van der Waals surface area contributed by atoms with Gasteiger partial charge in [-0.2, -0.15) is 4.98 Å². The van der Waals surface area contributed by atoms with E-state index in [-0.39, 0.29) is 30.4 Å². The average molecular weight is 411 g/mol. The third kappa shape index (κ3) is 5.38. The van der Waals surface area contributed by atoms with Crippen molar-refractivity contribution >= 4 is 17.5 Å². The second kappa shape index (κ2) is 9.78. The van der Waals surface area contributed by atoms with E-state index in [1.165, 1.54) is 18.2 Å². The molecule has 0 atom stereocenters. The molecular weight excluding hydrogens is 394 g/mol.